The molecule has 0 bridgehead atoms. The minimum atomic E-state index is -4.43. The second kappa shape index (κ2) is 8.47. The molecule has 0 spiro atoms. The summed E-state index contributed by atoms with van der Waals surface area (Å²) in [5.74, 6) is 0. The van der Waals surface area contributed by atoms with E-state index >= 15 is 0 Å². The standard InChI is InChI=1S/C24H17F3N4O/c25-24(26,27)18-6-8-19(9-7-18)30-23(32)31-22-14-29-21-10-5-17(13-20(21)22)16-3-1-15(2-4-16)11-12-28/h1-10,13-14,29H,11H2,(H2,30,31,32). The number of hydrogen-bond donors (Lipinski definition) is 3. The number of nitrogens with one attached hydrogen (secondary N) is 3. The normalized spacial score (nSPS) is 11.2. The average Bonchev–Trinajstić information content (AvgIpc) is 3.16. The van der Waals surface area contributed by atoms with Gasteiger partial charge in [0.1, 0.15) is 0 Å². The molecule has 0 aliphatic carbocycles. The second-order valence-electron chi connectivity index (χ2n) is 7.15. The fraction of sp³-hybridized carbons (Fsp3) is 0.0833. The highest BCUT2D eigenvalue weighted by atomic mass is 19.4. The van der Waals surface area contributed by atoms with Gasteiger partial charge in [0, 0.05) is 22.8 Å². The predicted molar refractivity (Wildman–Crippen MR) is 117 cm³/mol. The molecule has 160 valence electrons. The number of H-pyrrole nitrogens is 1. The van der Waals surface area contributed by atoms with Crippen molar-refractivity contribution in [2.45, 2.75) is 12.6 Å². The third-order valence-corrected chi connectivity index (χ3v) is 4.97. The van der Waals surface area contributed by atoms with Crippen molar-refractivity contribution in [3.05, 3.63) is 84.1 Å². The van der Waals surface area contributed by atoms with Crippen LogP contribution in [0, 0.1) is 11.3 Å². The van der Waals surface area contributed by atoms with Gasteiger partial charge in [-0.1, -0.05) is 30.3 Å². The van der Waals surface area contributed by atoms with Crippen LogP contribution in [0.5, 0.6) is 0 Å². The molecule has 0 unspecified atom stereocenters. The minimum absolute atomic E-state index is 0.244. The monoisotopic (exact) mass is 434 g/mol. The van der Waals surface area contributed by atoms with E-state index in [2.05, 4.69) is 21.7 Å². The van der Waals surface area contributed by atoms with Crippen LogP contribution < -0.4 is 10.6 Å². The lowest BCUT2D eigenvalue weighted by Gasteiger charge is -2.10. The molecule has 2 amide bonds. The summed E-state index contributed by atoms with van der Waals surface area (Å²) < 4.78 is 38.0. The molecule has 0 aliphatic rings. The molecule has 0 atom stereocenters. The average molecular weight is 434 g/mol. The molecule has 1 aromatic heterocycles. The number of fused-ring (bicyclic) bond motifs is 1. The van der Waals surface area contributed by atoms with Gasteiger partial charge < -0.3 is 15.6 Å². The molecule has 3 aromatic carbocycles. The Labute approximate surface area is 181 Å². The molecule has 0 radical (unpaired) electrons. The maximum absolute atomic E-state index is 12.7. The molecular formula is C24H17F3N4O. The van der Waals surface area contributed by atoms with Crippen molar-refractivity contribution in [2.75, 3.05) is 10.6 Å². The van der Waals surface area contributed by atoms with Gasteiger partial charge in [0.25, 0.3) is 0 Å². The summed E-state index contributed by atoms with van der Waals surface area (Å²) in [5, 5.41) is 14.8. The first kappa shape index (κ1) is 21.0. The van der Waals surface area contributed by atoms with E-state index in [1.165, 1.54) is 12.1 Å². The molecule has 1 heterocycles. The highest BCUT2D eigenvalue weighted by molar-refractivity contribution is 6.06. The smallest absolute Gasteiger partial charge is 0.359 e. The molecule has 0 aliphatic heterocycles. The number of halogens is 3. The van der Waals surface area contributed by atoms with Gasteiger partial charge in [0.2, 0.25) is 0 Å². The number of hydrogen-bond acceptors (Lipinski definition) is 2. The van der Waals surface area contributed by atoms with E-state index in [0.29, 0.717) is 12.1 Å². The van der Waals surface area contributed by atoms with Crippen molar-refractivity contribution < 1.29 is 18.0 Å². The number of nitriles is 1. The lowest BCUT2D eigenvalue weighted by atomic mass is 10.0. The van der Waals surface area contributed by atoms with Crippen LogP contribution in [-0.4, -0.2) is 11.0 Å². The Kier molecular flexibility index (Phi) is 5.56. The van der Waals surface area contributed by atoms with E-state index < -0.39 is 17.8 Å². The summed E-state index contributed by atoms with van der Waals surface area (Å²) in [7, 11) is 0. The van der Waals surface area contributed by atoms with Crippen LogP contribution in [0.15, 0.2) is 72.9 Å². The number of urea groups is 1. The van der Waals surface area contributed by atoms with Crippen LogP contribution in [-0.2, 0) is 12.6 Å². The van der Waals surface area contributed by atoms with Crippen LogP contribution in [0.3, 0.4) is 0 Å². The molecule has 3 N–H and O–H groups in total. The molecule has 32 heavy (non-hydrogen) atoms. The van der Waals surface area contributed by atoms with Gasteiger partial charge in [-0.25, -0.2) is 4.79 Å². The Morgan fingerprint density at radius 2 is 1.62 bits per heavy atom. The molecule has 4 aromatic rings. The van der Waals surface area contributed by atoms with Crippen LogP contribution in [0.25, 0.3) is 22.0 Å². The fourth-order valence-corrected chi connectivity index (χ4v) is 3.34. The Balaban J connectivity index is 1.51. The number of aromatic amines is 1. The van der Waals surface area contributed by atoms with E-state index in [-0.39, 0.29) is 5.69 Å². The zero-order chi connectivity index (χ0) is 22.7. The molecule has 8 heteroatoms. The fourth-order valence-electron chi connectivity index (χ4n) is 3.34. The van der Waals surface area contributed by atoms with Crippen LogP contribution in [0.2, 0.25) is 0 Å². The molecule has 0 saturated carbocycles. The van der Waals surface area contributed by atoms with Crippen LogP contribution in [0.4, 0.5) is 29.3 Å². The molecule has 5 nitrogen and oxygen atoms in total. The minimum Gasteiger partial charge on any atom is -0.359 e. The predicted octanol–water partition coefficient (Wildman–Crippen LogP) is 6.56. The Hall–Kier alpha value is -4.25. The van der Waals surface area contributed by atoms with Crippen molar-refractivity contribution in [1.82, 2.24) is 4.98 Å². The lowest BCUT2D eigenvalue weighted by Crippen LogP contribution is -2.19. The quantitative estimate of drug-likeness (QED) is 0.340. The van der Waals surface area contributed by atoms with E-state index in [1.54, 1.807) is 6.20 Å². The van der Waals surface area contributed by atoms with Gasteiger partial charge in [-0.2, -0.15) is 18.4 Å². The number of benzene rings is 3. The first-order valence-corrected chi connectivity index (χ1v) is 9.66. The largest absolute Gasteiger partial charge is 0.416 e. The highest BCUT2D eigenvalue weighted by Crippen LogP contribution is 2.31. The molecular weight excluding hydrogens is 417 g/mol. The van der Waals surface area contributed by atoms with Crippen LogP contribution >= 0.6 is 0 Å². The number of anilines is 2. The number of alkyl halides is 3. The van der Waals surface area contributed by atoms with Gasteiger partial charge >= 0.3 is 12.2 Å². The maximum atomic E-state index is 12.7. The molecule has 4 rings (SSSR count). The number of amides is 2. The summed E-state index contributed by atoms with van der Waals surface area (Å²) in [6, 6.07) is 19.2. The summed E-state index contributed by atoms with van der Waals surface area (Å²) in [6.45, 7) is 0. The van der Waals surface area contributed by atoms with E-state index in [1.807, 2.05) is 42.5 Å². The molecule has 0 saturated heterocycles. The van der Waals surface area contributed by atoms with Gasteiger partial charge in [-0.3, -0.25) is 0 Å². The number of carbonyl (C=O) groups is 1. The van der Waals surface area contributed by atoms with Gasteiger partial charge in [0.05, 0.1) is 23.7 Å². The summed E-state index contributed by atoms with van der Waals surface area (Å²) in [4.78, 5) is 15.5. The summed E-state index contributed by atoms with van der Waals surface area (Å²) >= 11 is 0. The molecule has 0 fully saturated rings. The summed E-state index contributed by atoms with van der Waals surface area (Å²) in [5.41, 5.74) is 3.65. The number of nitrogens with zero attached hydrogens (tertiary/aromatic N) is 1. The number of carbonyl (C=O) groups excluding carboxylic acids is 1. The Bertz CT molecular complexity index is 1300. The first-order valence-electron chi connectivity index (χ1n) is 9.66. The van der Waals surface area contributed by atoms with Gasteiger partial charge in [0.15, 0.2) is 0 Å². The number of aromatic nitrogens is 1. The van der Waals surface area contributed by atoms with Gasteiger partial charge in [-0.05, 0) is 53.1 Å². The van der Waals surface area contributed by atoms with Gasteiger partial charge in [-0.15, -0.1) is 0 Å². The van der Waals surface area contributed by atoms with Crippen molar-refractivity contribution in [2.24, 2.45) is 0 Å². The van der Waals surface area contributed by atoms with Crippen molar-refractivity contribution in [3.63, 3.8) is 0 Å². The third-order valence-electron chi connectivity index (χ3n) is 4.97. The first-order chi connectivity index (χ1) is 15.3. The van der Waals surface area contributed by atoms with E-state index in [9.17, 15) is 18.0 Å². The van der Waals surface area contributed by atoms with Crippen molar-refractivity contribution in [3.8, 4) is 17.2 Å². The van der Waals surface area contributed by atoms with Crippen molar-refractivity contribution >= 4 is 28.3 Å². The maximum Gasteiger partial charge on any atom is 0.416 e. The summed E-state index contributed by atoms with van der Waals surface area (Å²) in [6.07, 6.45) is -2.44. The Morgan fingerprint density at radius 1 is 0.938 bits per heavy atom. The zero-order valence-electron chi connectivity index (χ0n) is 16.6. The van der Waals surface area contributed by atoms with E-state index in [0.717, 1.165) is 39.7 Å². The highest BCUT2D eigenvalue weighted by Gasteiger charge is 2.30. The van der Waals surface area contributed by atoms with Crippen LogP contribution in [0.1, 0.15) is 11.1 Å². The number of rotatable bonds is 4. The SMILES string of the molecule is N#CCc1ccc(-c2ccc3[nH]cc(NC(=O)Nc4ccc(C(F)(F)F)cc4)c3c2)cc1. The second-order valence-corrected chi connectivity index (χ2v) is 7.15. The zero-order valence-corrected chi connectivity index (χ0v) is 16.6. The van der Waals surface area contributed by atoms with E-state index in [4.69, 9.17) is 5.26 Å². The lowest BCUT2D eigenvalue weighted by molar-refractivity contribution is -0.137. The topological polar surface area (TPSA) is 80.7 Å². The van der Waals surface area contributed by atoms with Crippen molar-refractivity contribution in [1.29, 1.82) is 5.26 Å². The Morgan fingerprint density at radius 3 is 2.28 bits per heavy atom. The third kappa shape index (κ3) is 4.57.